The van der Waals surface area contributed by atoms with E-state index in [0.29, 0.717) is 62.3 Å². The van der Waals surface area contributed by atoms with Gasteiger partial charge in [-0.1, -0.05) is 59.1 Å². The molecule has 0 radical (unpaired) electrons. The molecule has 2 fully saturated rings. The van der Waals surface area contributed by atoms with Crippen LogP contribution in [0, 0.1) is 0 Å². The van der Waals surface area contributed by atoms with Gasteiger partial charge in [-0.05, 0) is 83.0 Å². The molecule has 2 N–H and O–H groups in total. The van der Waals surface area contributed by atoms with Gasteiger partial charge in [-0.2, -0.15) is 0 Å². The van der Waals surface area contributed by atoms with E-state index in [-0.39, 0.29) is 45.6 Å². The number of hydrazine groups is 1. The number of urea groups is 1. The van der Waals surface area contributed by atoms with Crippen LogP contribution in [0.15, 0.2) is 70.6 Å². The summed E-state index contributed by atoms with van der Waals surface area (Å²) in [6, 6.07) is 17.3. The summed E-state index contributed by atoms with van der Waals surface area (Å²) in [7, 11) is -4.16. The van der Waals surface area contributed by atoms with Crippen LogP contribution in [-0.4, -0.2) is 104 Å². The van der Waals surface area contributed by atoms with Gasteiger partial charge >= 0.3 is 6.03 Å². The van der Waals surface area contributed by atoms with E-state index in [4.69, 9.17) is 44.5 Å². The molecule has 3 aromatic rings. The second-order valence-corrected chi connectivity index (χ2v) is 18.2. The molecule has 0 aromatic heterocycles. The fourth-order valence-corrected chi connectivity index (χ4v) is 9.78. The number of hydrogen-bond donors (Lipinski definition) is 2. The van der Waals surface area contributed by atoms with Crippen molar-refractivity contribution in [2.45, 2.75) is 69.5 Å². The number of carbonyl (C=O) groups is 2. The van der Waals surface area contributed by atoms with Crippen molar-refractivity contribution in [1.29, 1.82) is 0 Å². The third-order valence-electron chi connectivity index (χ3n) is 10.5. The molecule has 3 amide bonds. The average molecular weight is 833 g/mol. The highest BCUT2D eigenvalue weighted by Gasteiger charge is 2.60. The van der Waals surface area contributed by atoms with Crippen LogP contribution < -0.4 is 14.8 Å². The molecule has 16 heteroatoms. The molecule has 2 atom stereocenters. The number of amidine groups is 1. The molecule has 3 aromatic carbocycles. The number of nitrogens with zero attached hydrogens (tertiary/aromatic N) is 5. The SMILES string of the molecule is CCOc1cc(Cl)c(S(=O)(=O)NC(C)(C)C)cc1C1=N[C@@](C)(c2ccc(Cl)cc2)[C@@](C)(c2ccc(Cl)cc2)N1C(=O)N1CCN(N2CCNC(=O)CC2)CC1. The lowest BCUT2D eigenvalue weighted by Gasteiger charge is -2.48. The largest absolute Gasteiger partial charge is 0.493 e. The van der Waals surface area contributed by atoms with Gasteiger partial charge in [-0.15, -0.1) is 0 Å². The Bertz CT molecular complexity index is 2070. The summed E-state index contributed by atoms with van der Waals surface area (Å²) in [5.41, 5.74) is -1.38. The molecule has 0 unspecified atom stereocenters. The predicted octanol–water partition coefficient (Wildman–Crippen LogP) is 6.49. The molecule has 0 aliphatic carbocycles. The maximum atomic E-state index is 15.4. The van der Waals surface area contributed by atoms with Crippen molar-refractivity contribution < 1.29 is 22.7 Å². The van der Waals surface area contributed by atoms with E-state index in [1.807, 2.05) is 45.0 Å². The first-order chi connectivity index (χ1) is 25.9. The number of benzene rings is 3. The number of hydrogen-bond acceptors (Lipinski definition) is 8. The van der Waals surface area contributed by atoms with Crippen LogP contribution in [-0.2, 0) is 25.9 Å². The monoisotopic (exact) mass is 831 g/mol. The van der Waals surface area contributed by atoms with Crippen LogP contribution in [0.3, 0.4) is 0 Å². The van der Waals surface area contributed by atoms with Gasteiger partial charge in [0, 0.05) is 73.9 Å². The summed E-state index contributed by atoms with van der Waals surface area (Å²) in [5.74, 6) is 0.514. The summed E-state index contributed by atoms with van der Waals surface area (Å²) in [5, 5.41) is 8.32. The summed E-state index contributed by atoms with van der Waals surface area (Å²) in [6.07, 6.45) is 0.404. The molecule has 12 nitrogen and oxygen atoms in total. The van der Waals surface area contributed by atoms with Gasteiger partial charge in [0.15, 0.2) is 0 Å². The second-order valence-electron chi connectivity index (χ2n) is 15.3. The number of aliphatic imine (C=N–C) groups is 1. The van der Waals surface area contributed by atoms with E-state index in [1.54, 1.807) is 54.8 Å². The van der Waals surface area contributed by atoms with Gasteiger partial charge in [-0.25, -0.2) is 28.0 Å². The minimum absolute atomic E-state index is 0.0288. The first kappa shape index (κ1) is 41.2. The molecular weight excluding hydrogens is 785 g/mol. The Morgan fingerprint density at radius 3 is 2.05 bits per heavy atom. The predicted molar refractivity (Wildman–Crippen MR) is 216 cm³/mol. The first-order valence-corrected chi connectivity index (χ1v) is 21.0. The molecule has 55 heavy (non-hydrogen) atoms. The van der Waals surface area contributed by atoms with Crippen molar-refractivity contribution in [1.82, 2.24) is 29.9 Å². The Hall–Kier alpha value is -3.43. The van der Waals surface area contributed by atoms with Crippen LogP contribution in [0.1, 0.15) is 64.7 Å². The molecule has 296 valence electrons. The van der Waals surface area contributed by atoms with Gasteiger partial charge in [0.1, 0.15) is 27.6 Å². The van der Waals surface area contributed by atoms with Gasteiger partial charge < -0.3 is 15.0 Å². The molecule has 0 saturated carbocycles. The zero-order chi connectivity index (χ0) is 39.9. The second kappa shape index (κ2) is 15.8. The van der Waals surface area contributed by atoms with Crippen molar-refractivity contribution in [3.05, 3.63) is 92.4 Å². The summed E-state index contributed by atoms with van der Waals surface area (Å²) in [4.78, 5) is 36.2. The number of nitrogens with one attached hydrogen (secondary N) is 2. The third-order valence-corrected chi connectivity index (χ3v) is 13.2. The van der Waals surface area contributed by atoms with E-state index in [1.165, 1.54) is 12.1 Å². The Kier molecular flexibility index (Phi) is 11.9. The van der Waals surface area contributed by atoms with Crippen molar-refractivity contribution in [3.8, 4) is 5.75 Å². The Labute approximate surface area is 338 Å². The number of ether oxygens (including phenoxy) is 1. The quantitative estimate of drug-likeness (QED) is 0.266. The number of halogens is 3. The molecule has 6 rings (SSSR count). The van der Waals surface area contributed by atoms with Crippen LogP contribution in [0.2, 0.25) is 15.1 Å². The Morgan fingerprint density at radius 1 is 0.891 bits per heavy atom. The Balaban J connectivity index is 1.54. The van der Waals surface area contributed by atoms with Crippen LogP contribution in [0.25, 0.3) is 0 Å². The van der Waals surface area contributed by atoms with Crippen molar-refractivity contribution in [2.75, 3.05) is 52.4 Å². The number of piperazine rings is 1. The van der Waals surface area contributed by atoms with Crippen molar-refractivity contribution in [2.24, 2.45) is 4.99 Å². The Morgan fingerprint density at radius 2 is 1.47 bits per heavy atom. The van der Waals surface area contributed by atoms with Gasteiger partial charge in [-0.3, -0.25) is 14.7 Å². The van der Waals surface area contributed by atoms with Crippen LogP contribution >= 0.6 is 34.8 Å². The highest BCUT2D eigenvalue weighted by molar-refractivity contribution is 7.89. The molecular formula is C39H48Cl3N7O5S. The third kappa shape index (κ3) is 8.21. The molecule has 2 saturated heterocycles. The lowest BCUT2D eigenvalue weighted by atomic mass is 9.71. The van der Waals surface area contributed by atoms with Gasteiger partial charge in [0.05, 0.1) is 17.2 Å². The maximum Gasteiger partial charge on any atom is 0.326 e. The van der Waals surface area contributed by atoms with Crippen LogP contribution in [0.4, 0.5) is 4.79 Å². The number of amides is 3. The summed E-state index contributed by atoms with van der Waals surface area (Å²) < 4.78 is 36.7. The molecule has 3 heterocycles. The normalized spacial score (nSPS) is 23.0. The lowest BCUT2D eigenvalue weighted by Crippen LogP contribution is -2.62. The minimum atomic E-state index is -4.16. The summed E-state index contributed by atoms with van der Waals surface area (Å²) in [6.45, 7) is 14.9. The molecule has 0 spiro atoms. The highest BCUT2D eigenvalue weighted by atomic mass is 35.5. The highest BCUT2D eigenvalue weighted by Crippen LogP contribution is 2.54. The van der Waals surface area contributed by atoms with E-state index < -0.39 is 26.6 Å². The van der Waals surface area contributed by atoms with Crippen molar-refractivity contribution >= 4 is 62.6 Å². The zero-order valence-corrected chi connectivity index (χ0v) is 35.0. The number of rotatable bonds is 8. The topological polar surface area (TPSA) is 127 Å². The fraction of sp³-hybridized carbons (Fsp3) is 0.462. The molecule has 3 aliphatic heterocycles. The first-order valence-electron chi connectivity index (χ1n) is 18.4. The zero-order valence-electron chi connectivity index (χ0n) is 32.0. The standard InChI is InChI=1S/C39H48Cl3N7O5S/c1-7-54-32-25-31(42)33(55(52,53)45-37(2,3)4)24-30(32)35-44-38(5,26-8-12-28(40)13-9-26)39(6,27-10-14-29(41)15-11-27)49(35)36(51)46-20-22-48(23-21-46)47-18-16-34(50)43-17-19-47/h8-15,24-25,45H,7,16-23H2,1-6H3,(H,43,50)/t38-,39+/m0/s1. The van der Waals surface area contributed by atoms with Gasteiger partial charge in [0.25, 0.3) is 0 Å². The molecule has 0 bridgehead atoms. The van der Waals surface area contributed by atoms with Gasteiger partial charge in [0.2, 0.25) is 15.9 Å². The molecule has 3 aliphatic rings. The smallest absolute Gasteiger partial charge is 0.326 e. The van der Waals surface area contributed by atoms with E-state index >= 15 is 4.79 Å². The van der Waals surface area contributed by atoms with Crippen molar-refractivity contribution in [3.63, 3.8) is 0 Å². The maximum absolute atomic E-state index is 15.4. The van der Waals surface area contributed by atoms with E-state index in [2.05, 4.69) is 20.1 Å². The minimum Gasteiger partial charge on any atom is -0.493 e. The number of carbonyl (C=O) groups excluding carboxylic acids is 2. The average Bonchev–Trinajstić information content (AvgIpc) is 3.21. The number of sulfonamides is 1. The van der Waals surface area contributed by atoms with Crippen LogP contribution in [0.5, 0.6) is 5.75 Å². The lowest BCUT2D eigenvalue weighted by molar-refractivity contribution is -0.121. The van der Waals surface area contributed by atoms with E-state index in [9.17, 15) is 13.2 Å². The summed E-state index contributed by atoms with van der Waals surface area (Å²) >= 11 is 19.5. The fourth-order valence-electron chi connectivity index (χ4n) is 7.57. The van der Waals surface area contributed by atoms with E-state index in [0.717, 1.165) is 11.1 Å².